The number of methoxy groups -OCH3 is 1. The number of hydrogen-bond donors (Lipinski definition) is 1. The van der Waals surface area contributed by atoms with Gasteiger partial charge in [0.1, 0.15) is 4.21 Å². The number of nitrogens with zero attached hydrogens (tertiary/aromatic N) is 1. The third-order valence-corrected chi connectivity index (χ3v) is 7.13. The molecule has 1 saturated heterocycles. The molecule has 0 bridgehead atoms. The van der Waals surface area contributed by atoms with E-state index in [1.54, 1.807) is 0 Å². The Balaban J connectivity index is 0.00000242. The third-order valence-electron chi connectivity index (χ3n) is 3.87. The number of thiophene rings is 1. The van der Waals surface area contributed by atoms with Crippen molar-refractivity contribution in [2.75, 3.05) is 20.2 Å². The Morgan fingerprint density at radius 1 is 1.50 bits per heavy atom. The number of sulfonamides is 1. The molecule has 0 radical (unpaired) electrons. The molecule has 1 aromatic heterocycles. The number of piperidine rings is 1. The summed E-state index contributed by atoms with van der Waals surface area (Å²) < 4.78 is 31.5. The van der Waals surface area contributed by atoms with Gasteiger partial charge in [0.2, 0.25) is 0 Å². The normalized spacial score (nSPS) is 21.9. The molecule has 2 N–H and O–H groups in total. The number of nitrogens with two attached hydrogens (primary N) is 1. The summed E-state index contributed by atoms with van der Waals surface area (Å²) in [6.07, 6.45) is 0.626. The molecule has 22 heavy (non-hydrogen) atoms. The lowest BCUT2D eigenvalue weighted by Gasteiger charge is -2.41. The highest BCUT2D eigenvalue weighted by atomic mass is 35.5. The number of hydrogen-bond acceptors (Lipinski definition) is 6. The highest BCUT2D eigenvalue weighted by molar-refractivity contribution is 7.91. The lowest BCUT2D eigenvalue weighted by molar-refractivity contribution is 0.0601. The van der Waals surface area contributed by atoms with Crippen LogP contribution in [0.15, 0.2) is 15.7 Å². The predicted molar refractivity (Wildman–Crippen MR) is 88.0 cm³/mol. The van der Waals surface area contributed by atoms with Gasteiger partial charge in [0, 0.05) is 24.5 Å². The van der Waals surface area contributed by atoms with Crippen LogP contribution in [0.25, 0.3) is 0 Å². The Morgan fingerprint density at radius 2 is 2.14 bits per heavy atom. The molecule has 1 atom stereocenters. The second-order valence-corrected chi connectivity index (χ2v) is 8.94. The van der Waals surface area contributed by atoms with Crippen LogP contribution in [-0.4, -0.2) is 44.9 Å². The number of rotatable bonds is 3. The number of carbonyl (C=O) groups is 1. The number of esters is 1. The van der Waals surface area contributed by atoms with E-state index >= 15 is 0 Å². The van der Waals surface area contributed by atoms with Gasteiger partial charge in [-0.2, -0.15) is 4.31 Å². The Kier molecular flexibility index (Phi) is 6.02. The minimum atomic E-state index is -3.59. The summed E-state index contributed by atoms with van der Waals surface area (Å²) in [4.78, 5) is 11.4. The maximum absolute atomic E-state index is 12.6. The topological polar surface area (TPSA) is 89.7 Å². The molecule has 1 aliphatic rings. The van der Waals surface area contributed by atoms with Gasteiger partial charge in [0.25, 0.3) is 10.0 Å². The molecule has 1 fully saturated rings. The predicted octanol–water partition coefficient (Wildman–Crippen LogP) is 1.70. The van der Waals surface area contributed by atoms with Gasteiger partial charge >= 0.3 is 5.97 Å². The van der Waals surface area contributed by atoms with Crippen molar-refractivity contribution < 1.29 is 17.9 Å². The van der Waals surface area contributed by atoms with Crippen LogP contribution in [0.1, 0.15) is 30.6 Å². The third kappa shape index (κ3) is 3.62. The number of carbonyl (C=O) groups excluding carboxylic acids is 1. The fourth-order valence-corrected chi connectivity index (χ4v) is 5.26. The average Bonchev–Trinajstić information content (AvgIpc) is 2.91. The first kappa shape index (κ1) is 19.4. The van der Waals surface area contributed by atoms with Gasteiger partial charge in [-0.05, 0) is 17.9 Å². The van der Waals surface area contributed by atoms with E-state index in [0.717, 1.165) is 11.3 Å². The molecule has 9 heteroatoms. The smallest absolute Gasteiger partial charge is 0.338 e. The van der Waals surface area contributed by atoms with E-state index in [2.05, 4.69) is 4.74 Å². The van der Waals surface area contributed by atoms with E-state index in [1.165, 1.54) is 22.9 Å². The van der Waals surface area contributed by atoms with Crippen molar-refractivity contribution >= 4 is 39.7 Å². The average molecular weight is 369 g/mol. The molecular weight excluding hydrogens is 348 g/mol. The summed E-state index contributed by atoms with van der Waals surface area (Å²) in [5.41, 5.74) is 6.03. The van der Waals surface area contributed by atoms with Crippen LogP contribution in [0.3, 0.4) is 0 Å². The summed E-state index contributed by atoms with van der Waals surface area (Å²) in [5.74, 6) is -0.534. The van der Waals surface area contributed by atoms with Gasteiger partial charge in [-0.25, -0.2) is 13.2 Å². The summed E-state index contributed by atoms with van der Waals surface area (Å²) in [7, 11) is -2.32. The number of halogens is 1. The molecule has 2 rings (SSSR count). The lowest BCUT2D eigenvalue weighted by Crippen LogP contribution is -2.53. The van der Waals surface area contributed by atoms with Gasteiger partial charge in [0.05, 0.1) is 12.7 Å². The zero-order chi connectivity index (χ0) is 15.8. The molecule has 1 aliphatic heterocycles. The fourth-order valence-electron chi connectivity index (χ4n) is 2.33. The standard InChI is InChI=1S/C13H20N2O4S2.ClH/c1-13(2)8-15(5-4-10(13)14)21(17,18)11-6-9(7-20-11)12(16)19-3;/h6-7,10H,4-5,8,14H2,1-3H3;1H. The monoisotopic (exact) mass is 368 g/mol. The molecule has 6 nitrogen and oxygen atoms in total. The quantitative estimate of drug-likeness (QED) is 0.820. The van der Waals surface area contributed by atoms with Gasteiger partial charge in [0.15, 0.2) is 0 Å². The highest BCUT2D eigenvalue weighted by Crippen LogP contribution is 2.33. The van der Waals surface area contributed by atoms with Crippen LogP contribution in [0.5, 0.6) is 0 Å². The van der Waals surface area contributed by atoms with E-state index in [9.17, 15) is 13.2 Å². The van der Waals surface area contributed by atoms with Crippen LogP contribution in [0.4, 0.5) is 0 Å². The largest absolute Gasteiger partial charge is 0.465 e. The van der Waals surface area contributed by atoms with Crippen molar-refractivity contribution in [3.63, 3.8) is 0 Å². The Bertz CT molecular complexity index is 642. The van der Waals surface area contributed by atoms with Crippen molar-refractivity contribution in [1.29, 1.82) is 0 Å². The molecule has 0 aromatic carbocycles. The van der Waals surface area contributed by atoms with E-state index in [1.807, 2.05) is 13.8 Å². The van der Waals surface area contributed by atoms with Crippen LogP contribution >= 0.6 is 23.7 Å². The van der Waals surface area contributed by atoms with Crippen molar-refractivity contribution in [2.45, 2.75) is 30.5 Å². The molecule has 0 spiro atoms. The molecule has 1 aromatic rings. The number of ether oxygens (including phenoxy) is 1. The van der Waals surface area contributed by atoms with Crippen LogP contribution in [-0.2, 0) is 14.8 Å². The Labute approximate surface area is 141 Å². The van der Waals surface area contributed by atoms with Gasteiger partial charge in [-0.3, -0.25) is 0 Å². The summed E-state index contributed by atoms with van der Waals surface area (Å²) in [5, 5.41) is 1.50. The second kappa shape index (κ2) is 6.84. The van der Waals surface area contributed by atoms with Crippen LogP contribution in [0, 0.1) is 5.41 Å². The minimum Gasteiger partial charge on any atom is -0.465 e. The first-order chi connectivity index (χ1) is 9.68. The van der Waals surface area contributed by atoms with Crippen molar-refractivity contribution in [2.24, 2.45) is 11.1 Å². The maximum atomic E-state index is 12.6. The zero-order valence-electron chi connectivity index (χ0n) is 12.7. The summed E-state index contributed by atoms with van der Waals surface area (Å²) >= 11 is 1.03. The fraction of sp³-hybridized carbons (Fsp3) is 0.615. The Hall–Kier alpha value is -0.670. The lowest BCUT2D eigenvalue weighted by atomic mass is 9.81. The molecule has 1 unspecified atom stereocenters. The van der Waals surface area contributed by atoms with E-state index in [4.69, 9.17) is 5.73 Å². The Morgan fingerprint density at radius 3 is 2.68 bits per heavy atom. The van der Waals surface area contributed by atoms with Gasteiger partial charge in [-0.15, -0.1) is 23.7 Å². The van der Waals surface area contributed by atoms with Crippen molar-refractivity contribution in [3.05, 3.63) is 17.0 Å². The zero-order valence-corrected chi connectivity index (χ0v) is 15.2. The molecule has 0 aliphatic carbocycles. The van der Waals surface area contributed by atoms with Crippen molar-refractivity contribution in [1.82, 2.24) is 4.31 Å². The van der Waals surface area contributed by atoms with Gasteiger partial charge < -0.3 is 10.5 Å². The van der Waals surface area contributed by atoms with Gasteiger partial charge in [-0.1, -0.05) is 13.8 Å². The van der Waals surface area contributed by atoms with E-state index in [0.29, 0.717) is 19.5 Å². The maximum Gasteiger partial charge on any atom is 0.338 e. The first-order valence-electron chi connectivity index (χ1n) is 6.61. The molecule has 0 amide bonds. The van der Waals surface area contributed by atoms with Crippen LogP contribution < -0.4 is 5.73 Å². The van der Waals surface area contributed by atoms with Crippen molar-refractivity contribution in [3.8, 4) is 0 Å². The van der Waals surface area contributed by atoms with E-state index in [-0.39, 0.29) is 33.6 Å². The molecule has 0 saturated carbocycles. The van der Waals surface area contributed by atoms with E-state index < -0.39 is 16.0 Å². The molecule has 126 valence electrons. The summed E-state index contributed by atoms with van der Waals surface area (Å²) in [6, 6.07) is 1.35. The van der Waals surface area contributed by atoms with Crippen LogP contribution in [0.2, 0.25) is 0 Å². The summed E-state index contributed by atoms with van der Waals surface area (Å²) in [6.45, 7) is 4.71. The highest BCUT2D eigenvalue weighted by Gasteiger charge is 2.39. The first-order valence-corrected chi connectivity index (χ1v) is 8.93. The molecular formula is C13H21ClN2O4S2. The second-order valence-electron chi connectivity index (χ2n) is 5.87. The SMILES string of the molecule is COC(=O)c1csc(S(=O)(=O)N2CCC(N)C(C)(C)C2)c1.Cl. The minimum absolute atomic E-state index is 0. The molecule has 2 heterocycles.